The maximum absolute atomic E-state index is 5.25. The standard InChI is InChI=1S/C13H21N3OS/c1-3-14-12(15-6-11-4-5-18-7-11)16-8-13(2)9-17-10-13/h4-5,7H,3,6,8-10H2,1-2H3,(H2,14,15,16). The summed E-state index contributed by atoms with van der Waals surface area (Å²) in [5.74, 6) is 0.886. The van der Waals surface area contributed by atoms with Gasteiger partial charge in [-0.1, -0.05) is 6.92 Å². The van der Waals surface area contributed by atoms with Gasteiger partial charge < -0.3 is 15.4 Å². The second-order valence-corrected chi connectivity index (χ2v) is 5.76. The summed E-state index contributed by atoms with van der Waals surface area (Å²) in [7, 11) is 0. The summed E-state index contributed by atoms with van der Waals surface area (Å²) in [6.45, 7) is 8.49. The fourth-order valence-electron chi connectivity index (χ4n) is 1.74. The fourth-order valence-corrected chi connectivity index (χ4v) is 2.40. The first-order valence-corrected chi connectivity index (χ1v) is 7.27. The molecule has 0 aromatic carbocycles. The summed E-state index contributed by atoms with van der Waals surface area (Å²) < 4.78 is 5.25. The van der Waals surface area contributed by atoms with Gasteiger partial charge in [0, 0.05) is 18.5 Å². The Morgan fingerprint density at radius 2 is 2.33 bits per heavy atom. The molecular weight excluding hydrogens is 246 g/mol. The minimum Gasteiger partial charge on any atom is -0.380 e. The van der Waals surface area contributed by atoms with Gasteiger partial charge in [0.25, 0.3) is 0 Å². The van der Waals surface area contributed by atoms with Gasteiger partial charge in [-0.15, -0.1) is 0 Å². The summed E-state index contributed by atoms with van der Waals surface area (Å²) in [6.07, 6.45) is 0. The van der Waals surface area contributed by atoms with E-state index in [1.165, 1.54) is 5.56 Å². The van der Waals surface area contributed by atoms with Gasteiger partial charge in [0.1, 0.15) is 0 Å². The zero-order valence-electron chi connectivity index (χ0n) is 11.0. The summed E-state index contributed by atoms with van der Waals surface area (Å²) in [5.41, 5.74) is 1.52. The van der Waals surface area contributed by atoms with Gasteiger partial charge in [-0.2, -0.15) is 11.3 Å². The Morgan fingerprint density at radius 1 is 1.50 bits per heavy atom. The van der Waals surface area contributed by atoms with Crippen molar-refractivity contribution in [2.24, 2.45) is 10.4 Å². The van der Waals surface area contributed by atoms with Crippen molar-refractivity contribution in [2.75, 3.05) is 26.3 Å². The molecule has 1 aliphatic heterocycles. The molecule has 0 radical (unpaired) electrons. The van der Waals surface area contributed by atoms with Crippen LogP contribution >= 0.6 is 11.3 Å². The van der Waals surface area contributed by atoms with Crippen LogP contribution in [0.15, 0.2) is 21.8 Å². The fraction of sp³-hybridized carbons (Fsp3) is 0.615. The third kappa shape index (κ3) is 3.71. The van der Waals surface area contributed by atoms with Crippen LogP contribution < -0.4 is 10.6 Å². The van der Waals surface area contributed by atoms with Crippen molar-refractivity contribution in [3.05, 3.63) is 22.4 Å². The summed E-state index contributed by atoms with van der Waals surface area (Å²) in [6, 6.07) is 2.11. The van der Waals surface area contributed by atoms with E-state index in [1.54, 1.807) is 11.3 Å². The molecule has 0 aliphatic carbocycles. The number of thiophene rings is 1. The SMILES string of the molecule is CCNC(=NCc1ccsc1)NCC1(C)COC1. The summed E-state index contributed by atoms with van der Waals surface area (Å²) in [5, 5.41) is 10.9. The van der Waals surface area contributed by atoms with Gasteiger partial charge in [-0.25, -0.2) is 4.99 Å². The van der Waals surface area contributed by atoms with E-state index in [4.69, 9.17) is 4.74 Å². The Kier molecular flexibility index (Phi) is 4.60. The first-order valence-electron chi connectivity index (χ1n) is 6.33. The Morgan fingerprint density at radius 3 is 2.89 bits per heavy atom. The molecule has 1 aromatic heterocycles. The molecule has 18 heavy (non-hydrogen) atoms. The number of hydrogen-bond donors (Lipinski definition) is 2. The van der Waals surface area contributed by atoms with Crippen LogP contribution in [-0.4, -0.2) is 32.3 Å². The van der Waals surface area contributed by atoms with Gasteiger partial charge in [0.15, 0.2) is 5.96 Å². The van der Waals surface area contributed by atoms with Crippen LogP contribution in [0.5, 0.6) is 0 Å². The molecule has 1 aromatic rings. The lowest BCUT2D eigenvalue weighted by atomic mass is 9.89. The first-order chi connectivity index (χ1) is 8.72. The molecule has 2 N–H and O–H groups in total. The van der Waals surface area contributed by atoms with E-state index in [-0.39, 0.29) is 5.41 Å². The highest BCUT2D eigenvalue weighted by Gasteiger charge is 2.33. The van der Waals surface area contributed by atoms with Crippen molar-refractivity contribution >= 4 is 17.3 Å². The van der Waals surface area contributed by atoms with Crippen LogP contribution in [0.4, 0.5) is 0 Å². The molecule has 2 heterocycles. The molecule has 100 valence electrons. The van der Waals surface area contributed by atoms with Gasteiger partial charge in [-0.3, -0.25) is 0 Å². The molecule has 2 rings (SSSR count). The Bertz CT molecular complexity index is 385. The van der Waals surface area contributed by atoms with Crippen molar-refractivity contribution in [3.8, 4) is 0 Å². The second-order valence-electron chi connectivity index (χ2n) is 4.98. The molecule has 1 saturated heterocycles. The number of aliphatic imine (C=N–C) groups is 1. The van der Waals surface area contributed by atoms with Crippen molar-refractivity contribution in [3.63, 3.8) is 0 Å². The van der Waals surface area contributed by atoms with Crippen LogP contribution in [0, 0.1) is 5.41 Å². The normalized spacial score (nSPS) is 18.2. The van der Waals surface area contributed by atoms with Gasteiger partial charge in [0.2, 0.25) is 0 Å². The molecule has 4 nitrogen and oxygen atoms in total. The van der Waals surface area contributed by atoms with Crippen molar-refractivity contribution < 1.29 is 4.74 Å². The molecule has 1 fully saturated rings. The van der Waals surface area contributed by atoms with Crippen LogP contribution in [0.25, 0.3) is 0 Å². The molecule has 0 bridgehead atoms. The Balaban J connectivity index is 1.84. The zero-order chi connectivity index (χ0) is 12.8. The van der Waals surface area contributed by atoms with E-state index >= 15 is 0 Å². The average Bonchev–Trinajstić information content (AvgIpc) is 2.83. The Labute approximate surface area is 112 Å². The van der Waals surface area contributed by atoms with Crippen molar-refractivity contribution in [2.45, 2.75) is 20.4 Å². The molecule has 0 amide bonds. The van der Waals surface area contributed by atoms with Crippen molar-refractivity contribution in [1.29, 1.82) is 0 Å². The van der Waals surface area contributed by atoms with Crippen LogP contribution in [0.3, 0.4) is 0 Å². The van der Waals surface area contributed by atoms with E-state index in [2.05, 4.69) is 46.3 Å². The lowest BCUT2D eigenvalue weighted by Gasteiger charge is -2.38. The summed E-state index contributed by atoms with van der Waals surface area (Å²) >= 11 is 1.71. The van der Waals surface area contributed by atoms with Gasteiger partial charge >= 0.3 is 0 Å². The van der Waals surface area contributed by atoms with Gasteiger partial charge in [0.05, 0.1) is 19.8 Å². The minimum absolute atomic E-state index is 0.262. The number of guanidine groups is 1. The topological polar surface area (TPSA) is 45.7 Å². The van der Waals surface area contributed by atoms with E-state index < -0.39 is 0 Å². The highest BCUT2D eigenvalue weighted by atomic mass is 32.1. The monoisotopic (exact) mass is 267 g/mol. The number of hydrogen-bond acceptors (Lipinski definition) is 3. The highest BCUT2D eigenvalue weighted by Crippen LogP contribution is 2.24. The maximum Gasteiger partial charge on any atom is 0.191 e. The molecule has 1 aliphatic rings. The summed E-state index contributed by atoms with van der Waals surface area (Å²) in [4.78, 5) is 4.58. The van der Waals surface area contributed by atoms with Crippen LogP contribution in [0.1, 0.15) is 19.4 Å². The minimum atomic E-state index is 0.262. The predicted molar refractivity (Wildman–Crippen MR) is 76.1 cm³/mol. The number of nitrogens with one attached hydrogen (secondary N) is 2. The first kappa shape index (κ1) is 13.4. The Hall–Kier alpha value is -1.07. The van der Waals surface area contributed by atoms with E-state index in [1.807, 2.05) is 0 Å². The average molecular weight is 267 g/mol. The van der Waals surface area contributed by atoms with Gasteiger partial charge in [-0.05, 0) is 29.3 Å². The molecule has 0 spiro atoms. The quantitative estimate of drug-likeness (QED) is 0.632. The maximum atomic E-state index is 5.25. The van der Waals surface area contributed by atoms with Crippen LogP contribution in [0.2, 0.25) is 0 Å². The molecule has 0 unspecified atom stereocenters. The smallest absolute Gasteiger partial charge is 0.191 e. The second kappa shape index (κ2) is 6.20. The molecule has 0 atom stereocenters. The number of nitrogens with zero attached hydrogens (tertiary/aromatic N) is 1. The predicted octanol–water partition coefficient (Wildman–Crippen LogP) is 1.84. The third-order valence-corrected chi connectivity index (χ3v) is 3.66. The molecular formula is C13H21N3OS. The highest BCUT2D eigenvalue weighted by molar-refractivity contribution is 7.07. The largest absolute Gasteiger partial charge is 0.380 e. The molecule has 0 saturated carbocycles. The third-order valence-electron chi connectivity index (χ3n) is 2.93. The lowest BCUT2D eigenvalue weighted by molar-refractivity contribution is -0.0971. The van der Waals surface area contributed by atoms with E-state index in [0.717, 1.165) is 38.8 Å². The molecule has 5 heteroatoms. The lowest BCUT2D eigenvalue weighted by Crippen LogP contribution is -2.51. The van der Waals surface area contributed by atoms with Crippen molar-refractivity contribution in [1.82, 2.24) is 10.6 Å². The van der Waals surface area contributed by atoms with E-state index in [0.29, 0.717) is 0 Å². The number of rotatable bonds is 5. The number of ether oxygens (including phenoxy) is 1. The zero-order valence-corrected chi connectivity index (χ0v) is 11.8. The van der Waals surface area contributed by atoms with E-state index in [9.17, 15) is 0 Å². The van der Waals surface area contributed by atoms with Crippen LogP contribution in [-0.2, 0) is 11.3 Å².